The predicted octanol–water partition coefficient (Wildman–Crippen LogP) is 2.61. The molecule has 2 unspecified atom stereocenters. The number of nitrogens with zero attached hydrogens (tertiary/aromatic N) is 2. The molecule has 2 N–H and O–H groups in total. The van der Waals surface area contributed by atoms with Gasteiger partial charge < -0.3 is 5.73 Å². The van der Waals surface area contributed by atoms with E-state index in [2.05, 4.69) is 16.7 Å². The Bertz CT molecular complexity index is 292. The van der Waals surface area contributed by atoms with Crippen LogP contribution in [-0.2, 0) is 0 Å². The minimum atomic E-state index is 0.589. The number of aromatic nitrogens is 2. The zero-order valence-electron chi connectivity index (χ0n) is 8.82. The highest BCUT2D eigenvalue weighted by atomic mass is 15.3. The quantitative estimate of drug-likeness (QED) is 0.784. The second kappa shape index (κ2) is 4.03. The number of nitrogen functional groups attached to an aromatic ring is 1. The van der Waals surface area contributed by atoms with E-state index in [0.29, 0.717) is 11.9 Å². The van der Waals surface area contributed by atoms with Crippen molar-refractivity contribution in [1.82, 2.24) is 9.78 Å². The van der Waals surface area contributed by atoms with Crippen LogP contribution in [0.3, 0.4) is 0 Å². The van der Waals surface area contributed by atoms with Crippen LogP contribution in [0.15, 0.2) is 12.3 Å². The minimum Gasteiger partial charge on any atom is -0.382 e. The first-order valence-corrected chi connectivity index (χ1v) is 5.62. The number of anilines is 1. The maximum absolute atomic E-state index is 5.64. The van der Waals surface area contributed by atoms with Crippen LogP contribution < -0.4 is 5.73 Å². The predicted molar refractivity (Wildman–Crippen MR) is 57.9 cm³/mol. The van der Waals surface area contributed by atoms with Gasteiger partial charge in [-0.15, -0.1) is 0 Å². The summed E-state index contributed by atoms with van der Waals surface area (Å²) >= 11 is 0. The third kappa shape index (κ3) is 1.76. The maximum atomic E-state index is 5.64. The smallest absolute Gasteiger partial charge is 0.145 e. The molecular formula is C11H19N3. The molecule has 0 saturated heterocycles. The van der Waals surface area contributed by atoms with Crippen molar-refractivity contribution in [2.45, 2.75) is 45.1 Å². The van der Waals surface area contributed by atoms with Gasteiger partial charge in [0, 0.05) is 6.20 Å². The van der Waals surface area contributed by atoms with Gasteiger partial charge in [-0.3, -0.25) is 4.68 Å². The number of hydrogen-bond donors (Lipinski definition) is 1. The van der Waals surface area contributed by atoms with Crippen molar-refractivity contribution in [1.29, 1.82) is 0 Å². The molecule has 0 bridgehead atoms. The van der Waals surface area contributed by atoms with Gasteiger partial charge in [-0.2, -0.15) is 5.10 Å². The summed E-state index contributed by atoms with van der Waals surface area (Å²) in [5.74, 6) is 1.44. The Hall–Kier alpha value is -0.990. The lowest BCUT2D eigenvalue weighted by Crippen LogP contribution is -2.23. The lowest BCUT2D eigenvalue weighted by Gasteiger charge is -2.30. The molecule has 3 heteroatoms. The van der Waals surface area contributed by atoms with Crippen molar-refractivity contribution in [3.05, 3.63) is 12.3 Å². The van der Waals surface area contributed by atoms with Crippen molar-refractivity contribution in [3.63, 3.8) is 0 Å². The molecule has 0 aliphatic heterocycles. The van der Waals surface area contributed by atoms with E-state index in [9.17, 15) is 0 Å². The molecule has 1 fully saturated rings. The molecule has 78 valence electrons. The van der Waals surface area contributed by atoms with Crippen molar-refractivity contribution in [3.8, 4) is 0 Å². The lowest BCUT2D eigenvalue weighted by atomic mass is 9.83. The van der Waals surface area contributed by atoms with Crippen molar-refractivity contribution >= 4 is 5.82 Å². The molecule has 3 nitrogen and oxygen atoms in total. The first-order chi connectivity index (χ1) is 6.81. The average molecular weight is 193 g/mol. The van der Waals surface area contributed by atoms with E-state index < -0.39 is 0 Å². The molecule has 1 aromatic rings. The summed E-state index contributed by atoms with van der Waals surface area (Å²) in [5, 5.41) is 4.33. The molecule has 0 aromatic carbocycles. The second-order valence-corrected chi connectivity index (χ2v) is 4.24. The SMILES string of the molecule is CCC1CCCCC1n1ccc(N)n1. The Morgan fingerprint density at radius 2 is 2.29 bits per heavy atom. The average Bonchev–Trinajstić information content (AvgIpc) is 2.65. The first kappa shape index (κ1) is 9.56. The molecule has 14 heavy (non-hydrogen) atoms. The van der Waals surface area contributed by atoms with E-state index in [-0.39, 0.29) is 0 Å². The van der Waals surface area contributed by atoms with E-state index >= 15 is 0 Å². The summed E-state index contributed by atoms with van der Waals surface area (Å²) in [6.45, 7) is 2.27. The molecule has 0 spiro atoms. The molecule has 1 aliphatic carbocycles. The summed E-state index contributed by atoms with van der Waals surface area (Å²) < 4.78 is 2.07. The highest BCUT2D eigenvalue weighted by molar-refractivity contribution is 5.24. The summed E-state index contributed by atoms with van der Waals surface area (Å²) in [7, 11) is 0. The highest BCUT2D eigenvalue weighted by Gasteiger charge is 2.25. The Kier molecular flexibility index (Phi) is 2.75. The molecule has 0 radical (unpaired) electrons. The topological polar surface area (TPSA) is 43.8 Å². The van der Waals surface area contributed by atoms with Crippen molar-refractivity contribution in [2.75, 3.05) is 5.73 Å². The van der Waals surface area contributed by atoms with Crippen LogP contribution in [-0.4, -0.2) is 9.78 Å². The fourth-order valence-electron chi connectivity index (χ4n) is 2.55. The van der Waals surface area contributed by atoms with Gasteiger partial charge in [0.1, 0.15) is 5.82 Å². The van der Waals surface area contributed by atoms with E-state index in [4.69, 9.17) is 5.73 Å². The molecule has 1 saturated carbocycles. The largest absolute Gasteiger partial charge is 0.382 e. The fraction of sp³-hybridized carbons (Fsp3) is 0.727. The van der Waals surface area contributed by atoms with Gasteiger partial charge in [0.25, 0.3) is 0 Å². The Morgan fingerprint density at radius 3 is 2.93 bits per heavy atom. The van der Waals surface area contributed by atoms with Crippen LogP contribution >= 0.6 is 0 Å². The zero-order chi connectivity index (χ0) is 9.97. The minimum absolute atomic E-state index is 0.589. The number of rotatable bonds is 2. The highest BCUT2D eigenvalue weighted by Crippen LogP contribution is 2.35. The molecule has 2 rings (SSSR count). The van der Waals surface area contributed by atoms with Crippen LogP contribution in [0.1, 0.15) is 45.1 Å². The van der Waals surface area contributed by atoms with E-state index in [1.54, 1.807) is 0 Å². The summed E-state index contributed by atoms with van der Waals surface area (Å²) in [6.07, 6.45) is 8.60. The lowest BCUT2D eigenvalue weighted by molar-refractivity contribution is 0.218. The molecule has 2 atom stereocenters. The Morgan fingerprint density at radius 1 is 1.50 bits per heavy atom. The fourth-order valence-corrected chi connectivity index (χ4v) is 2.55. The monoisotopic (exact) mass is 193 g/mol. The molecule has 1 aromatic heterocycles. The molecular weight excluding hydrogens is 174 g/mol. The van der Waals surface area contributed by atoms with E-state index in [0.717, 1.165) is 5.92 Å². The van der Waals surface area contributed by atoms with Crippen LogP contribution in [0.2, 0.25) is 0 Å². The van der Waals surface area contributed by atoms with Gasteiger partial charge in [-0.25, -0.2) is 0 Å². The Labute approximate surface area is 85.3 Å². The third-order valence-electron chi connectivity index (χ3n) is 3.36. The van der Waals surface area contributed by atoms with Crippen LogP contribution in [0, 0.1) is 5.92 Å². The standard InChI is InChI=1S/C11H19N3/c1-2-9-5-3-4-6-10(9)14-8-7-11(12)13-14/h7-10H,2-6H2,1H3,(H2,12,13). The van der Waals surface area contributed by atoms with Crippen LogP contribution in [0.5, 0.6) is 0 Å². The maximum Gasteiger partial charge on any atom is 0.145 e. The molecule has 0 amide bonds. The molecule has 1 heterocycles. The van der Waals surface area contributed by atoms with Gasteiger partial charge >= 0.3 is 0 Å². The van der Waals surface area contributed by atoms with Gasteiger partial charge in [-0.05, 0) is 24.8 Å². The Balaban J connectivity index is 2.14. The zero-order valence-corrected chi connectivity index (χ0v) is 8.82. The normalized spacial score (nSPS) is 27.8. The van der Waals surface area contributed by atoms with E-state index in [1.807, 2.05) is 12.3 Å². The van der Waals surface area contributed by atoms with Gasteiger partial charge in [0.15, 0.2) is 0 Å². The third-order valence-corrected chi connectivity index (χ3v) is 3.36. The van der Waals surface area contributed by atoms with Gasteiger partial charge in [-0.1, -0.05) is 26.2 Å². The van der Waals surface area contributed by atoms with Crippen molar-refractivity contribution in [2.24, 2.45) is 5.92 Å². The summed E-state index contributed by atoms with van der Waals surface area (Å²) in [6, 6.07) is 2.48. The van der Waals surface area contributed by atoms with Crippen LogP contribution in [0.4, 0.5) is 5.82 Å². The summed E-state index contributed by atoms with van der Waals surface area (Å²) in [5.41, 5.74) is 5.64. The van der Waals surface area contributed by atoms with Gasteiger partial charge in [0.2, 0.25) is 0 Å². The molecule has 1 aliphatic rings. The first-order valence-electron chi connectivity index (χ1n) is 5.62. The summed E-state index contributed by atoms with van der Waals surface area (Å²) in [4.78, 5) is 0. The second-order valence-electron chi connectivity index (χ2n) is 4.24. The van der Waals surface area contributed by atoms with Crippen LogP contribution in [0.25, 0.3) is 0 Å². The van der Waals surface area contributed by atoms with Gasteiger partial charge in [0.05, 0.1) is 6.04 Å². The van der Waals surface area contributed by atoms with E-state index in [1.165, 1.54) is 32.1 Å². The number of nitrogens with two attached hydrogens (primary N) is 1. The number of hydrogen-bond acceptors (Lipinski definition) is 2. The van der Waals surface area contributed by atoms with Crippen molar-refractivity contribution < 1.29 is 0 Å².